The molecule has 3 aromatic rings. The van der Waals surface area contributed by atoms with Gasteiger partial charge in [0.25, 0.3) is 15.9 Å². The summed E-state index contributed by atoms with van der Waals surface area (Å²) in [6, 6.07) is 12.4. The molecular weight excluding hydrogens is 546 g/mol. The van der Waals surface area contributed by atoms with E-state index in [-0.39, 0.29) is 52.2 Å². The molecule has 3 heterocycles. The fourth-order valence-corrected chi connectivity index (χ4v) is 7.00. The van der Waals surface area contributed by atoms with E-state index in [1.165, 1.54) is 35.4 Å². The molecule has 10 nitrogen and oxygen atoms in total. The Labute approximate surface area is 230 Å². The Balaban J connectivity index is 1.87. The van der Waals surface area contributed by atoms with E-state index < -0.39 is 39.6 Å². The van der Waals surface area contributed by atoms with Gasteiger partial charge in [0.15, 0.2) is 10.6 Å². The van der Waals surface area contributed by atoms with Crippen LogP contribution in [-0.4, -0.2) is 65.7 Å². The lowest BCUT2D eigenvalue weighted by molar-refractivity contribution is -0.145. The first kappa shape index (κ1) is 27.1. The standard InChI is InChI=1S/C27H26ClN3O7S/c1-3-38-23-7-5-4-6-19(23)27(30-15-18(32)13-22(30)25(33)34)20-12-17(28)9-10-21(20)31(26(27)35)39(36,37)24-11-8-16(2)14-29-24/h4-12,14,18,22,32H,3,13,15H2,1-2H3,(H,33,34)/t18-,22+,27?/m1/s1. The molecule has 12 heteroatoms. The van der Waals surface area contributed by atoms with E-state index in [2.05, 4.69) is 4.98 Å². The number of carboxylic acid groups (broad SMARTS) is 1. The van der Waals surface area contributed by atoms with Crippen LogP contribution in [0.5, 0.6) is 5.75 Å². The van der Waals surface area contributed by atoms with E-state index in [0.29, 0.717) is 4.31 Å². The fourth-order valence-electron chi connectivity index (χ4n) is 5.44. The number of carbonyl (C=O) groups is 2. The number of halogens is 1. The molecule has 0 spiro atoms. The molecular formula is C27H26ClN3O7S. The molecule has 0 aliphatic carbocycles. The number of rotatable bonds is 7. The van der Waals surface area contributed by atoms with Crippen LogP contribution >= 0.6 is 11.6 Å². The highest BCUT2D eigenvalue weighted by atomic mass is 35.5. The van der Waals surface area contributed by atoms with Gasteiger partial charge in [-0.1, -0.05) is 35.9 Å². The zero-order valence-corrected chi connectivity index (χ0v) is 22.7. The Morgan fingerprint density at radius 3 is 2.59 bits per heavy atom. The van der Waals surface area contributed by atoms with E-state index in [4.69, 9.17) is 16.3 Å². The number of anilines is 1. The number of amides is 1. The van der Waals surface area contributed by atoms with Crippen LogP contribution in [0.2, 0.25) is 5.02 Å². The minimum absolute atomic E-state index is 0.00334. The number of aliphatic hydroxyl groups is 1. The van der Waals surface area contributed by atoms with Crippen LogP contribution in [-0.2, 0) is 25.2 Å². The van der Waals surface area contributed by atoms with Crippen molar-refractivity contribution in [3.05, 3.63) is 82.5 Å². The lowest BCUT2D eigenvalue weighted by Crippen LogP contribution is -2.58. The average molecular weight is 572 g/mol. The SMILES string of the molecule is CCOc1ccccc1C1(N2C[C@H](O)C[C@H]2C(=O)O)C(=O)N(S(=O)(=O)c2ccc(C)cn2)c2ccc(Cl)cc21. The highest BCUT2D eigenvalue weighted by Gasteiger charge is 2.64. The number of ether oxygens (including phenoxy) is 1. The van der Waals surface area contributed by atoms with Crippen LogP contribution in [0.25, 0.3) is 0 Å². The van der Waals surface area contributed by atoms with E-state index >= 15 is 0 Å². The number of fused-ring (bicyclic) bond motifs is 1. The van der Waals surface area contributed by atoms with Gasteiger partial charge in [-0.25, -0.2) is 4.98 Å². The molecule has 1 unspecified atom stereocenters. The Morgan fingerprint density at radius 2 is 1.92 bits per heavy atom. The number of hydrogen-bond donors (Lipinski definition) is 2. The first-order chi connectivity index (χ1) is 18.5. The normalized spacial score (nSPS) is 23.2. The van der Waals surface area contributed by atoms with Gasteiger partial charge in [-0.05, 0) is 49.7 Å². The monoisotopic (exact) mass is 571 g/mol. The molecule has 2 N–H and O–H groups in total. The maximum atomic E-state index is 14.8. The summed E-state index contributed by atoms with van der Waals surface area (Å²) >= 11 is 6.41. The van der Waals surface area contributed by atoms with Crippen LogP contribution in [0.4, 0.5) is 5.69 Å². The predicted octanol–water partition coefficient (Wildman–Crippen LogP) is 2.94. The molecule has 0 bridgehead atoms. The Kier molecular flexibility index (Phi) is 6.88. The number of hydrogen-bond acceptors (Lipinski definition) is 8. The number of β-amino-alcohol motifs (C(OH)–C–C–N with tert-alkyl or cyclic N) is 1. The number of carbonyl (C=O) groups excluding carboxylic acids is 1. The number of aromatic nitrogens is 1. The molecule has 1 fully saturated rings. The first-order valence-electron chi connectivity index (χ1n) is 12.3. The summed E-state index contributed by atoms with van der Waals surface area (Å²) in [6.07, 6.45) is 0.135. The second-order valence-electron chi connectivity index (χ2n) is 9.45. The lowest BCUT2D eigenvalue weighted by Gasteiger charge is -2.40. The highest BCUT2D eigenvalue weighted by Crippen LogP contribution is 2.54. The summed E-state index contributed by atoms with van der Waals surface area (Å²) in [6.45, 7) is 3.52. The van der Waals surface area contributed by atoms with Gasteiger partial charge in [0.2, 0.25) is 0 Å². The summed E-state index contributed by atoms with van der Waals surface area (Å²) in [5.41, 5.74) is -0.893. The molecule has 204 valence electrons. The van der Waals surface area contributed by atoms with Gasteiger partial charge in [-0.2, -0.15) is 12.7 Å². The zero-order chi connectivity index (χ0) is 28.1. The summed E-state index contributed by atoms with van der Waals surface area (Å²) in [5, 5.41) is 20.6. The van der Waals surface area contributed by atoms with Crippen molar-refractivity contribution in [3.8, 4) is 5.75 Å². The topological polar surface area (TPSA) is 137 Å². The van der Waals surface area contributed by atoms with Gasteiger partial charge in [-0.15, -0.1) is 0 Å². The Morgan fingerprint density at radius 1 is 1.18 bits per heavy atom. The first-order valence-corrected chi connectivity index (χ1v) is 14.1. The van der Waals surface area contributed by atoms with Crippen LogP contribution in [0.15, 0.2) is 65.8 Å². The summed E-state index contributed by atoms with van der Waals surface area (Å²) < 4.78 is 34.6. The Bertz CT molecular complexity index is 1560. The fraction of sp³-hybridized carbons (Fsp3) is 0.296. The number of sulfonamides is 1. The van der Waals surface area contributed by atoms with Crippen molar-refractivity contribution in [2.45, 2.75) is 43.0 Å². The van der Waals surface area contributed by atoms with Crippen LogP contribution in [0.3, 0.4) is 0 Å². The largest absolute Gasteiger partial charge is 0.493 e. The predicted molar refractivity (Wildman–Crippen MR) is 142 cm³/mol. The molecule has 1 amide bonds. The molecule has 1 aromatic heterocycles. The van der Waals surface area contributed by atoms with Gasteiger partial charge in [0.1, 0.15) is 11.8 Å². The van der Waals surface area contributed by atoms with Gasteiger partial charge < -0.3 is 14.9 Å². The summed E-state index contributed by atoms with van der Waals surface area (Å²) in [4.78, 5) is 32.7. The van der Waals surface area contributed by atoms with Crippen LogP contribution in [0, 0.1) is 6.92 Å². The number of para-hydroxylation sites is 1. The molecule has 0 saturated carbocycles. The molecule has 5 rings (SSSR count). The number of likely N-dealkylation sites (tertiary alicyclic amines) is 1. The smallest absolute Gasteiger partial charge is 0.321 e. The highest BCUT2D eigenvalue weighted by molar-refractivity contribution is 7.93. The average Bonchev–Trinajstić information content (AvgIpc) is 3.40. The maximum Gasteiger partial charge on any atom is 0.321 e. The number of benzene rings is 2. The summed E-state index contributed by atoms with van der Waals surface area (Å²) in [5.74, 6) is -1.95. The molecule has 2 aliphatic rings. The number of aliphatic carboxylic acids is 1. The van der Waals surface area contributed by atoms with Crippen molar-refractivity contribution in [2.24, 2.45) is 0 Å². The third-order valence-electron chi connectivity index (χ3n) is 7.02. The molecule has 2 aromatic carbocycles. The zero-order valence-electron chi connectivity index (χ0n) is 21.1. The quantitative estimate of drug-likeness (QED) is 0.438. The van der Waals surface area contributed by atoms with Crippen molar-refractivity contribution in [2.75, 3.05) is 17.5 Å². The van der Waals surface area contributed by atoms with Gasteiger partial charge in [0.05, 0.1) is 18.4 Å². The number of carboxylic acids is 1. The molecule has 1 saturated heterocycles. The van der Waals surface area contributed by atoms with E-state index in [0.717, 1.165) is 5.56 Å². The van der Waals surface area contributed by atoms with Gasteiger partial charge >= 0.3 is 5.97 Å². The minimum Gasteiger partial charge on any atom is -0.493 e. The molecule has 39 heavy (non-hydrogen) atoms. The molecule has 0 radical (unpaired) electrons. The lowest BCUT2D eigenvalue weighted by atomic mass is 9.81. The molecule has 2 aliphatic heterocycles. The minimum atomic E-state index is -4.56. The number of pyridine rings is 1. The van der Waals surface area contributed by atoms with Crippen molar-refractivity contribution in [1.82, 2.24) is 9.88 Å². The second-order valence-corrected chi connectivity index (χ2v) is 11.6. The Hall–Kier alpha value is -3.51. The van der Waals surface area contributed by atoms with E-state index in [9.17, 15) is 28.2 Å². The van der Waals surface area contributed by atoms with E-state index in [1.54, 1.807) is 44.2 Å². The number of aliphatic hydroxyl groups excluding tert-OH is 1. The van der Waals surface area contributed by atoms with Crippen molar-refractivity contribution < 1.29 is 33.0 Å². The van der Waals surface area contributed by atoms with Crippen molar-refractivity contribution in [3.63, 3.8) is 0 Å². The maximum absolute atomic E-state index is 14.8. The number of aryl methyl sites for hydroxylation is 1. The van der Waals surface area contributed by atoms with Crippen LogP contribution in [0.1, 0.15) is 30.0 Å². The second kappa shape index (κ2) is 9.91. The molecule has 3 atom stereocenters. The van der Waals surface area contributed by atoms with Crippen molar-refractivity contribution >= 4 is 39.2 Å². The van der Waals surface area contributed by atoms with Crippen LogP contribution < -0.4 is 9.04 Å². The number of nitrogens with zero attached hydrogens (tertiary/aromatic N) is 3. The van der Waals surface area contributed by atoms with Crippen molar-refractivity contribution in [1.29, 1.82) is 0 Å². The van der Waals surface area contributed by atoms with Gasteiger partial charge in [0, 0.05) is 35.3 Å². The van der Waals surface area contributed by atoms with Gasteiger partial charge in [-0.3, -0.25) is 14.5 Å². The summed E-state index contributed by atoms with van der Waals surface area (Å²) in [7, 11) is -4.56. The third kappa shape index (κ3) is 4.17. The van der Waals surface area contributed by atoms with E-state index in [1.807, 2.05) is 0 Å². The third-order valence-corrected chi connectivity index (χ3v) is 8.87.